The predicted octanol–water partition coefficient (Wildman–Crippen LogP) is 2.63. The molecule has 0 N–H and O–H groups in total. The average molecular weight is 406 g/mol. The summed E-state index contributed by atoms with van der Waals surface area (Å²) >= 11 is 0. The monoisotopic (exact) mass is 406 g/mol. The highest BCUT2D eigenvalue weighted by Gasteiger charge is 2.36. The highest BCUT2D eigenvalue weighted by Crippen LogP contribution is 2.43. The van der Waals surface area contributed by atoms with Gasteiger partial charge in [-0.3, -0.25) is 8.99 Å². The van der Waals surface area contributed by atoms with Gasteiger partial charge in [0.1, 0.15) is 17.1 Å². The molecular weight excluding hydrogens is 388 g/mol. The summed E-state index contributed by atoms with van der Waals surface area (Å²) < 4.78 is 30.6. The number of aromatic nitrogens is 5. The number of fused-ring (bicyclic) bond motifs is 3. The average Bonchev–Trinajstić information content (AvgIpc) is 3.33. The molecule has 0 unspecified atom stereocenters. The Bertz CT molecular complexity index is 1320. The molecule has 2 aromatic carbocycles. The van der Waals surface area contributed by atoms with E-state index in [1.165, 1.54) is 4.31 Å². The summed E-state index contributed by atoms with van der Waals surface area (Å²) in [5, 5.41) is 13.2. The Kier molecular flexibility index (Phi) is 3.82. The van der Waals surface area contributed by atoms with E-state index in [0.717, 1.165) is 17.1 Å². The van der Waals surface area contributed by atoms with E-state index in [2.05, 4.69) is 10.3 Å². The fourth-order valence-electron chi connectivity index (χ4n) is 3.64. The number of benzene rings is 2. The number of anilines is 1. The van der Waals surface area contributed by atoms with Gasteiger partial charge in [-0.25, -0.2) is 13.1 Å². The number of nitrogens with zero attached hydrogens (tertiary/aromatic N) is 6. The maximum Gasteiger partial charge on any atom is 0.264 e. The summed E-state index contributed by atoms with van der Waals surface area (Å²) in [5.41, 5.74) is 4.29. The van der Waals surface area contributed by atoms with E-state index < -0.39 is 10.0 Å². The summed E-state index contributed by atoms with van der Waals surface area (Å²) in [6.45, 7) is 2.26. The van der Waals surface area contributed by atoms with Crippen LogP contribution in [-0.2, 0) is 16.6 Å². The van der Waals surface area contributed by atoms with Crippen LogP contribution in [0.5, 0.6) is 0 Å². The van der Waals surface area contributed by atoms with Gasteiger partial charge in [0.15, 0.2) is 0 Å². The molecule has 5 rings (SSSR count). The van der Waals surface area contributed by atoms with Crippen LogP contribution in [0.4, 0.5) is 5.69 Å². The molecule has 0 amide bonds. The van der Waals surface area contributed by atoms with Crippen molar-refractivity contribution >= 4 is 15.7 Å². The third-order valence-electron chi connectivity index (χ3n) is 5.14. The Hall–Kier alpha value is -3.46. The van der Waals surface area contributed by atoms with Gasteiger partial charge in [0, 0.05) is 12.6 Å². The van der Waals surface area contributed by atoms with Crippen LogP contribution in [0.1, 0.15) is 11.4 Å². The number of sulfonamides is 1. The van der Waals surface area contributed by atoms with E-state index in [1.807, 2.05) is 49.5 Å². The van der Waals surface area contributed by atoms with Crippen molar-refractivity contribution in [1.29, 1.82) is 0 Å². The second-order valence-electron chi connectivity index (χ2n) is 6.90. The normalized spacial score (nSPS) is 14.5. The molecule has 2 aromatic heterocycles. The fourth-order valence-corrected chi connectivity index (χ4v) is 5.08. The molecule has 0 bridgehead atoms. The first-order valence-electron chi connectivity index (χ1n) is 9.09. The topological polar surface area (TPSA) is 85.9 Å². The molecule has 3 heterocycles. The molecule has 146 valence electrons. The summed E-state index contributed by atoms with van der Waals surface area (Å²) in [7, 11) is -2.04. The van der Waals surface area contributed by atoms with Crippen LogP contribution >= 0.6 is 0 Å². The number of hydrogen-bond acceptors (Lipinski definition) is 5. The minimum absolute atomic E-state index is 0.273. The predicted molar refractivity (Wildman–Crippen MR) is 108 cm³/mol. The Morgan fingerprint density at radius 2 is 1.72 bits per heavy atom. The van der Waals surface area contributed by atoms with Gasteiger partial charge in [0.25, 0.3) is 10.0 Å². The van der Waals surface area contributed by atoms with Gasteiger partial charge in [0.05, 0.1) is 29.0 Å². The van der Waals surface area contributed by atoms with Crippen LogP contribution in [-0.4, -0.2) is 40.2 Å². The molecule has 0 fully saturated rings. The minimum Gasteiger partial charge on any atom is -0.265 e. The first-order chi connectivity index (χ1) is 14.0. The lowest BCUT2D eigenvalue weighted by atomic mass is 10.1. The van der Waals surface area contributed by atoms with Crippen LogP contribution in [0.2, 0.25) is 0 Å². The molecule has 1 aliphatic heterocycles. The van der Waals surface area contributed by atoms with Crippen molar-refractivity contribution in [2.45, 2.75) is 18.4 Å². The van der Waals surface area contributed by atoms with Crippen molar-refractivity contribution in [2.24, 2.45) is 0 Å². The van der Waals surface area contributed by atoms with Crippen LogP contribution in [0.15, 0.2) is 65.7 Å². The van der Waals surface area contributed by atoms with Crippen molar-refractivity contribution in [1.82, 2.24) is 24.8 Å². The van der Waals surface area contributed by atoms with E-state index in [1.54, 1.807) is 34.6 Å². The maximum absolute atomic E-state index is 12.9. The SMILES string of the molecule is Cc1c2c(nn1Cc1cn(-c3ccccc3)nn1)-c1ccccc1S(=O)(=O)N2C. The summed E-state index contributed by atoms with van der Waals surface area (Å²) in [6, 6.07) is 16.7. The Morgan fingerprint density at radius 1 is 1.00 bits per heavy atom. The molecule has 4 aromatic rings. The lowest BCUT2D eigenvalue weighted by molar-refractivity contribution is 0.594. The van der Waals surface area contributed by atoms with E-state index in [4.69, 9.17) is 5.10 Å². The van der Waals surface area contributed by atoms with Crippen molar-refractivity contribution in [3.05, 3.63) is 72.2 Å². The van der Waals surface area contributed by atoms with Crippen molar-refractivity contribution in [2.75, 3.05) is 11.4 Å². The van der Waals surface area contributed by atoms with Crippen molar-refractivity contribution in [3.8, 4) is 16.9 Å². The van der Waals surface area contributed by atoms with Gasteiger partial charge >= 0.3 is 0 Å². The van der Waals surface area contributed by atoms with Gasteiger partial charge in [-0.1, -0.05) is 41.6 Å². The van der Waals surface area contributed by atoms with E-state index >= 15 is 0 Å². The lowest BCUT2D eigenvalue weighted by Gasteiger charge is -2.26. The van der Waals surface area contributed by atoms with Gasteiger partial charge < -0.3 is 0 Å². The van der Waals surface area contributed by atoms with Gasteiger partial charge in [-0.05, 0) is 25.1 Å². The molecule has 9 heteroatoms. The van der Waals surface area contributed by atoms with E-state index in [0.29, 0.717) is 23.5 Å². The molecule has 0 spiro atoms. The largest absolute Gasteiger partial charge is 0.265 e. The molecule has 1 aliphatic rings. The summed E-state index contributed by atoms with van der Waals surface area (Å²) in [6.07, 6.45) is 1.85. The van der Waals surface area contributed by atoms with Gasteiger partial charge in [0.2, 0.25) is 0 Å². The maximum atomic E-state index is 12.9. The van der Waals surface area contributed by atoms with Gasteiger partial charge in [-0.15, -0.1) is 5.10 Å². The molecule has 0 saturated heterocycles. The molecule has 0 saturated carbocycles. The first-order valence-corrected chi connectivity index (χ1v) is 10.5. The zero-order chi connectivity index (χ0) is 20.2. The third kappa shape index (κ3) is 2.65. The summed E-state index contributed by atoms with van der Waals surface area (Å²) in [5.74, 6) is 0. The quantitative estimate of drug-likeness (QED) is 0.522. The van der Waals surface area contributed by atoms with Gasteiger partial charge in [-0.2, -0.15) is 5.10 Å². The lowest BCUT2D eigenvalue weighted by Crippen LogP contribution is -2.30. The smallest absolute Gasteiger partial charge is 0.264 e. The highest BCUT2D eigenvalue weighted by molar-refractivity contribution is 7.93. The Labute approximate surface area is 168 Å². The number of rotatable bonds is 3. The van der Waals surface area contributed by atoms with Crippen LogP contribution < -0.4 is 4.31 Å². The first kappa shape index (κ1) is 17.6. The Balaban J connectivity index is 1.56. The van der Waals surface area contributed by atoms with Crippen LogP contribution in [0.25, 0.3) is 16.9 Å². The minimum atomic E-state index is -3.60. The van der Waals surface area contributed by atoms with Crippen molar-refractivity contribution < 1.29 is 8.42 Å². The molecule has 0 aliphatic carbocycles. The zero-order valence-electron chi connectivity index (χ0n) is 15.9. The third-order valence-corrected chi connectivity index (χ3v) is 6.96. The molecule has 0 atom stereocenters. The fraction of sp³-hybridized carbons (Fsp3) is 0.150. The second kappa shape index (κ2) is 6.28. The van der Waals surface area contributed by atoms with Crippen molar-refractivity contribution in [3.63, 3.8) is 0 Å². The van der Waals surface area contributed by atoms with E-state index in [-0.39, 0.29) is 4.90 Å². The molecule has 0 radical (unpaired) electrons. The van der Waals surface area contributed by atoms with Crippen LogP contribution in [0, 0.1) is 6.92 Å². The standard InChI is InChI=1S/C20H18N6O2S/c1-14-20-19(17-10-6-7-11-18(17)29(27,28)24(20)2)22-25(14)12-15-13-26(23-21-15)16-8-4-3-5-9-16/h3-11,13H,12H2,1-2H3. The Morgan fingerprint density at radius 3 is 2.52 bits per heavy atom. The van der Waals surface area contributed by atoms with E-state index in [9.17, 15) is 8.42 Å². The summed E-state index contributed by atoms with van der Waals surface area (Å²) in [4.78, 5) is 0.273. The zero-order valence-corrected chi connectivity index (χ0v) is 16.7. The number of para-hydroxylation sites is 1. The number of hydrogen-bond donors (Lipinski definition) is 0. The molecule has 8 nitrogen and oxygen atoms in total. The highest BCUT2D eigenvalue weighted by atomic mass is 32.2. The second-order valence-corrected chi connectivity index (χ2v) is 8.84. The van der Waals surface area contributed by atoms with Crippen LogP contribution in [0.3, 0.4) is 0 Å². The molecule has 29 heavy (non-hydrogen) atoms. The molecular formula is C20H18N6O2S.